The van der Waals surface area contributed by atoms with Gasteiger partial charge < -0.3 is 18.7 Å². The molecular weight excluding hydrogens is 800 g/mol. The van der Waals surface area contributed by atoms with E-state index >= 15 is 0 Å². The molecule has 2 aliphatic rings. The number of hydrogen-bond donors (Lipinski definition) is 0. The number of hydrogen-bond acceptors (Lipinski definition) is 12. The van der Waals surface area contributed by atoms with E-state index in [1.807, 2.05) is 4.90 Å². The van der Waals surface area contributed by atoms with Crippen molar-refractivity contribution in [3.8, 4) is 22.9 Å². The first kappa shape index (κ1) is 40.5. The summed E-state index contributed by atoms with van der Waals surface area (Å²) in [6, 6.07) is 16.0. The average Bonchev–Trinajstić information content (AvgIpc) is 3.68. The molecule has 0 saturated carbocycles. The SMILES string of the molecule is Cc1nc(-c2ccc(N3CC(CN4CCN(S(=O)(=O)c5ccccc5OC(F)(F)F)CC4)OC3=O)cc2)no1.O=S(=O)(Cl)c1ccccc1OC(F)(F)F. The Bertz CT molecular complexity index is 2160. The van der Waals surface area contributed by atoms with E-state index < -0.39 is 65.3 Å². The van der Waals surface area contributed by atoms with Crippen LogP contribution in [0.25, 0.3) is 11.4 Å². The number of halogens is 7. The molecule has 0 bridgehead atoms. The van der Waals surface area contributed by atoms with E-state index in [0.717, 1.165) is 34.1 Å². The minimum Gasteiger partial charge on any atom is -0.443 e. The number of anilines is 1. The van der Waals surface area contributed by atoms with Crippen molar-refractivity contribution in [3.05, 3.63) is 78.7 Å². The highest BCUT2D eigenvalue weighted by atomic mass is 35.7. The van der Waals surface area contributed by atoms with Gasteiger partial charge >= 0.3 is 18.8 Å². The summed E-state index contributed by atoms with van der Waals surface area (Å²) in [5, 5.41) is 3.87. The van der Waals surface area contributed by atoms with Crippen molar-refractivity contribution in [2.24, 2.45) is 0 Å². The molecule has 14 nitrogen and oxygen atoms in total. The van der Waals surface area contributed by atoms with Crippen LogP contribution in [0.15, 0.2) is 87.1 Å². The number of ether oxygens (including phenoxy) is 3. The Morgan fingerprint density at radius 3 is 1.87 bits per heavy atom. The molecule has 1 atom stereocenters. The fourth-order valence-corrected chi connectivity index (χ4v) is 7.86. The molecule has 2 aliphatic heterocycles. The lowest BCUT2D eigenvalue weighted by Gasteiger charge is -2.34. The van der Waals surface area contributed by atoms with Crippen molar-refractivity contribution in [1.29, 1.82) is 0 Å². The van der Waals surface area contributed by atoms with Crippen molar-refractivity contribution >= 4 is 41.5 Å². The number of aromatic nitrogens is 2. The topological polar surface area (TPSA) is 162 Å². The first-order chi connectivity index (χ1) is 25.2. The Hall–Kier alpha value is -4.64. The van der Waals surface area contributed by atoms with Crippen LogP contribution in [-0.2, 0) is 23.8 Å². The van der Waals surface area contributed by atoms with Crippen molar-refractivity contribution < 1.29 is 66.7 Å². The zero-order valence-corrected chi connectivity index (χ0v) is 30.0. The standard InChI is InChI=1S/C24H24F3N5O6S.C7H4ClF3O3S/c1-16-28-22(29-38-16)17-6-8-18(9-7-17)32-15-19(36-23(32)33)14-30-10-12-31(13-11-30)39(34,35)21-5-3-2-4-20(21)37-24(25,26)27;8-15(12,13)6-4-2-1-3-5(6)14-7(9,10)11/h2-9,19H,10-15H2,1H3;1-4H. The number of nitrogens with zero attached hydrogens (tertiary/aromatic N) is 5. The number of carbonyl (C=O) groups is 1. The molecule has 23 heteroatoms. The van der Waals surface area contributed by atoms with Gasteiger partial charge in [0.05, 0.1) is 6.54 Å². The number of sulfonamides is 1. The van der Waals surface area contributed by atoms with Gasteiger partial charge in [-0.05, 0) is 48.5 Å². The third kappa shape index (κ3) is 10.5. The largest absolute Gasteiger partial charge is 0.573 e. The highest BCUT2D eigenvalue weighted by molar-refractivity contribution is 8.13. The summed E-state index contributed by atoms with van der Waals surface area (Å²) in [6.45, 7) is 3.12. The van der Waals surface area contributed by atoms with Gasteiger partial charge in [0.2, 0.25) is 21.7 Å². The molecule has 292 valence electrons. The summed E-state index contributed by atoms with van der Waals surface area (Å²) < 4.78 is 141. The number of carbonyl (C=O) groups excluding carboxylic acids is 1. The van der Waals surface area contributed by atoms with E-state index in [4.69, 9.17) is 19.9 Å². The average molecular weight is 828 g/mol. The molecule has 0 radical (unpaired) electrons. The van der Waals surface area contributed by atoms with Crippen LogP contribution in [0.4, 0.5) is 36.8 Å². The number of aryl methyl sites for hydroxylation is 1. The Morgan fingerprint density at radius 1 is 0.815 bits per heavy atom. The molecule has 0 aliphatic carbocycles. The van der Waals surface area contributed by atoms with Gasteiger partial charge in [-0.3, -0.25) is 9.80 Å². The van der Waals surface area contributed by atoms with Crippen LogP contribution in [0.2, 0.25) is 0 Å². The van der Waals surface area contributed by atoms with Gasteiger partial charge in [-0.25, -0.2) is 21.6 Å². The second kappa shape index (κ2) is 16.0. The lowest BCUT2D eigenvalue weighted by molar-refractivity contribution is -0.276. The second-order valence-electron chi connectivity index (χ2n) is 11.4. The molecular formula is C31H28ClF6N5O9S2. The van der Waals surface area contributed by atoms with E-state index in [2.05, 4.69) is 19.6 Å². The van der Waals surface area contributed by atoms with E-state index in [1.54, 1.807) is 31.2 Å². The van der Waals surface area contributed by atoms with Gasteiger partial charge in [0.25, 0.3) is 9.05 Å². The Kier molecular flexibility index (Phi) is 12.0. The predicted molar refractivity (Wildman–Crippen MR) is 177 cm³/mol. The number of rotatable bonds is 9. The van der Waals surface area contributed by atoms with Crippen LogP contribution in [-0.4, -0.2) is 100 Å². The summed E-state index contributed by atoms with van der Waals surface area (Å²) in [7, 11) is -3.56. The van der Waals surface area contributed by atoms with Gasteiger partial charge in [-0.15, -0.1) is 26.3 Å². The minimum absolute atomic E-state index is 0.0596. The summed E-state index contributed by atoms with van der Waals surface area (Å²) in [4.78, 5) is 18.9. The summed E-state index contributed by atoms with van der Waals surface area (Å²) >= 11 is 0. The zero-order valence-electron chi connectivity index (χ0n) is 27.6. The maximum Gasteiger partial charge on any atom is 0.573 e. The van der Waals surface area contributed by atoms with E-state index in [9.17, 15) is 48.0 Å². The molecule has 6 rings (SSSR count). The van der Waals surface area contributed by atoms with Gasteiger partial charge in [0.15, 0.2) is 0 Å². The molecule has 54 heavy (non-hydrogen) atoms. The number of amides is 1. The lowest BCUT2D eigenvalue weighted by atomic mass is 10.2. The summed E-state index contributed by atoms with van der Waals surface area (Å²) in [5.41, 5.74) is 1.38. The van der Waals surface area contributed by atoms with Crippen molar-refractivity contribution in [1.82, 2.24) is 19.3 Å². The molecule has 1 amide bonds. The fraction of sp³-hybridized carbons (Fsp3) is 0.323. The maximum absolute atomic E-state index is 13.1. The quantitative estimate of drug-likeness (QED) is 0.148. The number of cyclic esters (lactones) is 1. The van der Waals surface area contributed by atoms with Gasteiger partial charge in [-0.2, -0.15) is 9.29 Å². The van der Waals surface area contributed by atoms with Crippen molar-refractivity contribution in [2.45, 2.75) is 35.5 Å². The smallest absolute Gasteiger partial charge is 0.443 e. The molecule has 2 saturated heterocycles. The maximum atomic E-state index is 13.1. The Labute approximate surface area is 308 Å². The molecule has 1 unspecified atom stereocenters. The highest BCUT2D eigenvalue weighted by Crippen LogP contribution is 2.33. The first-order valence-electron chi connectivity index (χ1n) is 15.5. The third-order valence-electron chi connectivity index (χ3n) is 7.66. The van der Waals surface area contributed by atoms with E-state index in [-0.39, 0.29) is 13.1 Å². The van der Waals surface area contributed by atoms with Crippen LogP contribution < -0.4 is 14.4 Å². The molecule has 3 aromatic carbocycles. The molecule has 4 aromatic rings. The fourth-order valence-electron chi connectivity index (χ4n) is 5.35. The van der Waals surface area contributed by atoms with Crippen LogP contribution in [0.1, 0.15) is 5.89 Å². The van der Waals surface area contributed by atoms with Crippen LogP contribution in [0, 0.1) is 6.92 Å². The monoisotopic (exact) mass is 827 g/mol. The molecule has 1 aromatic heterocycles. The van der Waals surface area contributed by atoms with Gasteiger partial charge in [0, 0.05) is 61.6 Å². The lowest BCUT2D eigenvalue weighted by Crippen LogP contribution is -2.50. The Balaban J connectivity index is 0.000000314. The van der Waals surface area contributed by atoms with Crippen molar-refractivity contribution in [2.75, 3.05) is 44.2 Å². The second-order valence-corrected chi connectivity index (χ2v) is 15.9. The number of benzene rings is 3. The van der Waals surface area contributed by atoms with E-state index in [1.165, 1.54) is 29.2 Å². The number of alkyl halides is 6. The normalized spacial score (nSPS) is 17.4. The number of piperazine rings is 1. The summed E-state index contributed by atoms with van der Waals surface area (Å²) in [5.74, 6) is -0.733. The zero-order chi connectivity index (χ0) is 39.5. The molecule has 0 spiro atoms. The van der Waals surface area contributed by atoms with Crippen LogP contribution in [0.3, 0.4) is 0 Å². The Morgan fingerprint density at radius 2 is 1.35 bits per heavy atom. The number of para-hydroxylation sites is 2. The molecule has 2 fully saturated rings. The van der Waals surface area contributed by atoms with Crippen LogP contribution >= 0.6 is 10.7 Å². The highest BCUT2D eigenvalue weighted by Gasteiger charge is 2.38. The molecule has 3 heterocycles. The van der Waals surface area contributed by atoms with Gasteiger partial charge in [0.1, 0.15) is 27.4 Å². The molecule has 0 N–H and O–H groups in total. The van der Waals surface area contributed by atoms with E-state index in [0.29, 0.717) is 43.6 Å². The van der Waals surface area contributed by atoms with Gasteiger partial charge in [-0.1, -0.05) is 29.4 Å². The van der Waals surface area contributed by atoms with Crippen LogP contribution in [0.5, 0.6) is 11.5 Å². The first-order valence-corrected chi connectivity index (χ1v) is 19.2. The minimum atomic E-state index is -5.02. The predicted octanol–water partition coefficient (Wildman–Crippen LogP) is 5.79. The third-order valence-corrected chi connectivity index (χ3v) is 11.0. The summed E-state index contributed by atoms with van der Waals surface area (Å²) in [6.07, 6.45) is -10.9. The van der Waals surface area contributed by atoms with Crippen molar-refractivity contribution in [3.63, 3.8) is 0 Å².